The lowest BCUT2D eigenvalue weighted by atomic mass is 10.1. The molecule has 0 bridgehead atoms. The first kappa shape index (κ1) is 13.8. The zero-order valence-corrected chi connectivity index (χ0v) is 12.0. The monoisotopic (exact) mass is 274 g/mol. The van der Waals surface area contributed by atoms with Crippen LogP contribution in [0.3, 0.4) is 0 Å². The van der Waals surface area contributed by atoms with Gasteiger partial charge in [-0.25, -0.2) is 0 Å². The Morgan fingerprint density at radius 1 is 1.32 bits per heavy atom. The number of hydrogen-bond donors (Lipinski definition) is 1. The van der Waals surface area contributed by atoms with Gasteiger partial charge < -0.3 is 10.6 Å². The van der Waals surface area contributed by atoms with Crippen molar-refractivity contribution in [1.29, 1.82) is 0 Å². The minimum atomic E-state index is -0.561. The van der Waals surface area contributed by atoms with Crippen molar-refractivity contribution < 1.29 is 4.79 Å². The Kier molecular flexibility index (Phi) is 4.35. The molecule has 1 aromatic heterocycles. The molecule has 0 saturated carbocycles. The van der Waals surface area contributed by atoms with Crippen LogP contribution in [0.2, 0.25) is 0 Å². The van der Waals surface area contributed by atoms with E-state index in [2.05, 4.69) is 0 Å². The molecular formula is C15H18N2OS. The van der Waals surface area contributed by atoms with Gasteiger partial charge >= 0.3 is 0 Å². The van der Waals surface area contributed by atoms with E-state index >= 15 is 0 Å². The van der Waals surface area contributed by atoms with Crippen molar-refractivity contribution in [3.63, 3.8) is 0 Å². The Morgan fingerprint density at radius 2 is 2.05 bits per heavy atom. The van der Waals surface area contributed by atoms with Crippen molar-refractivity contribution in [2.45, 2.75) is 19.5 Å². The normalized spacial score (nSPS) is 12.2. The summed E-state index contributed by atoms with van der Waals surface area (Å²) in [6.45, 7) is 2.64. The van der Waals surface area contributed by atoms with Crippen LogP contribution in [0.1, 0.15) is 22.0 Å². The van der Waals surface area contributed by atoms with Gasteiger partial charge in [0.05, 0.1) is 0 Å². The van der Waals surface area contributed by atoms with Crippen molar-refractivity contribution in [3.05, 3.63) is 57.8 Å². The Labute approximate surface area is 117 Å². The highest BCUT2D eigenvalue weighted by Gasteiger charge is 2.20. The maximum Gasteiger partial charge on any atom is 0.244 e. The highest BCUT2D eigenvalue weighted by molar-refractivity contribution is 7.10. The summed E-state index contributed by atoms with van der Waals surface area (Å²) in [5.41, 5.74) is 8.33. The summed E-state index contributed by atoms with van der Waals surface area (Å²) in [4.78, 5) is 14.9. The van der Waals surface area contributed by atoms with Gasteiger partial charge in [-0.3, -0.25) is 4.79 Å². The summed E-state index contributed by atoms with van der Waals surface area (Å²) in [5, 5.41) is 1.93. The molecule has 2 rings (SSSR count). The molecule has 0 spiro atoms. The van der Waals surface area contributed by atoms with E-state index < -0.39 is 6.04 Å². The molecule has 0 aliphatic heterocycles. The third-order valence-corrected chi connectivity index (χ3v) is 4.12. The highest BCUT2D eigenvalue weighted by Crippen LogP contribution is 2.19. The molecule has 1 heterocycles. The van der Waals surface area contributed by atoms with E-state index in [4.69, 9.17) is 5.73 Å². The van der Waals surface area contributed by atoms with Crippen molar-refractivity contribution in [2.75, 3.05) is 7.05 Å². The lowest BCUT2D eigenvalue weighted by Crippen LogP contribution is -2.35. The standard InChI is InChI=1S/C15H18N2OS/c1-11-6-3-4-7-12(11)10-17(2)15(18)14(16)13-8-5-9-19-13/h3-9,14H,10,16H2,1-2H3. The van der Waals surface area contributed by atoms with Gasteiger partial charge in [-0.2, -0.15) is 0 Å². The molecule has 0 fully saturated rings. The lowest BCUT2D eigenvalue weighted by Gasteiger charge is -2.21. The summed E-state index contributed by atoms with van der Waals surface area (Å²) in [7, 11) is 1.79. The Bertz CT molecular complexity index is 551. The first-order valence-electron chi connectivity index (χ1n) is 6.18. The van der Waals surface area contributed by atoms with Gasteiger partial charge in [0.25, 0.3) is 0 Å². The third kappa shape index (κ3) is 3.22. The number of carbonyl (C=O) groups is 1. The fourth-order valence-corrected chi connectivity index (χ4v) is 2.67. The van der Waals surface area contributed by atoms with E-state index in [0.29, 0.717) is 6.54 Å². The molecule has 100 valence electrons. The topological polar surface area (TPSA) is 46.3 Å². The minimum Gasteiger partial charge on any atom is -0.340 e. The Balaban J connectivity index is 2.06. The number of hydrogen-bond acceptors (Lipinski definition) is 3. The summed E-state index contributed by atoms with van der Waals surface area (Å²) < 4.78 is 0. The zero-order valence-electron chi connectivity index (χ0n) is 11.2. The van der Waals surface area contributed by atoms with Gasteiger partial charge in [-0.05, 0) is 29.5 Å². The quantitative estimate of drug-likeness (QED) is 0.931. The number of nitrogens with zero attached hydrogens (tertiary/aromatic N) is 1. The van der Waals surface area contributed by atoms with Crippen LogP contribution in [0.25, 0.3) is 0 Å². The molecule has 2 aromatic rings. The zero-order chi connectivity index (χ0) is 13.8. The predicted molar refractivity (Wildman–Crippen MR) is 78.9 cm³/mol. The molecule has 19 heavy (non-hydrogen) atoms. The van der Waals surface area contributed by atoms with Crippen molar-refractivity contribution in [2.24, 2.45) is 5.73 Å². The van der Waals surface area contributed by atoms with Crippen LogP contribution < -0.4 is 5.73 Å². The number of aryl methyl sites for hydroxylation is 1. The Morgan fingerprint density at radius 3 is 2.68 bits per heavy atom. The van der Waals surface area contributed by atoms with Crippen molar-refractivity contribution in [3.8, 4) is 0 Å². The molecule has 2 N–H and O–H groups in total. The Hall–Kier alpha value is -1.65. The van der Waals surface area contributed by atoms with Gasteiger partial charge in [0.2, 0.25) is 5.91 Å². The van der Waals surface area contributed by atoms with Gasteiger partial charge in [0.1, 0.15) is 6.04 Å². The number of carbonyl (C=O) groups excluding carboxylic acids is 1. The van der Waals surface area contributed by atoms with E-state index in [1.165, 1.54) is 16.9 Å². The summed E-state index contributed by atoms with van der Waals surface area (Å²) in [5.74, 6) is -0.0503. The van der Waals surface area contributed by atoms with Crippen LogP contribution >= 0.6 is 11.3 Å². The van der Waals surface area contributed by atoms with E-state index in [0.717, 1.165) is 10.4 Å². The smallest absolute Gasteiger partial charge is 0.244 e. The van der Waals surface area contributed by atoms with E-state index in [9.17, 15) is 4.79 Å². The van der Waals surface area contributed by atoms with Crippen LogP contribution in [-0.2, 0) is 11.3 Å². The van der Waals surface area contributed by atoms with Gasteiger partial charge in [0, 0.05) is 18.5 Å². The second kappa shape index (κ2) is 5.99. The van der Waals surface area contributed by atoms with Gasteiger partial charge in [-0.1, -0.05) is 30.3 Å². The highest BCUT2D eigenvalue weighted by atomic mass is 32.1. The molecule has 0 aliphatic rings. The number of thiophene rings is 1. The van der Waals surface area contributed by atoms with Crippen LogP contribution in [0.5, 0.6) is 0 Å². The number of benzene rings is 1. The van der Waals surface area contributed by atoms with E-state index in [1.807, 2.05) is 48.7 Å². The lowest BCUT2D eigenvalue weighted by molar-refractivity contribution is -0.131. The maximum absolute atomic E-state index is 12.3. The SMILES string of the molecule is Cc1ccccc1CN(C)C(=O)C(N)c1cccs1. The first-order chi connectivity index (χ1) is 9.09. The molecule has 1 unspecified atom stereocenters. The summed E-state index contributed by atoms with van der Waals surface area (Å²) in [6.07, 6.45) is 0. The average Bonchev–Trinajstić information content (AvgIpc) is 2.93. The molecular weight excluding hydrogens is 256 g/mol. The third-order valence-electron chi connectivity index (χ3n) is 3.16. The number of amides is 1. The van der Waals surface area contributed by atoms with Crippen LogP contribution in [-0.4, -0.2) is 17.9 Å². The second-order valence-corrected chi connectivity index (χ2v) is 5.59. The fraction of sp³-hybridized carbons (Fsp3) is 0.267. The fourth-order valence-electron chi connectivity index (χ4n) is 1.95. The number of rotatable bonds is 4. The molecule has 0 saturated heterocycles. The largest absolute Gasteiger partial charge is 0.340 e. The van der Waals surface area contributed by atoms with Crippen LogP contribution in [0, 0.1) is 6.92 Å². The predicted octanol–water partition coefficient (Wildman–Crippen LogP) is 2.71. The van der Waals surface area contributed by atoms with E-state index in [1.54, 1.807) is 11.9 Å². The molecule has 4 heteroatoms. The maximum atomic E-state index is 12.3. The second-order valence-electron chi connectivity index (χ2n) is 4.61. The van der Waals surface area contributed by atoms with Gasteiger partial charge in [0.15, 0.2) is 0 Å². The van der Waals surface area contributed by atoms with Crippen LogP contribution in [0.4, 0.5) is 0 Å². The molecule has 1 atom stereocenters. The molecule has 0 aliphatic carbocycles. The first-order valence-corrected chi connectivity index (χ1v) is 7.06. The number of nitrogens with two attached hydrogens (primary N) is 1. The number of likely N-dealkylation sites (N-methyl/N-ethyl adjacent to an activating group) is 1. The average molecular weight is 274 g/mol. The van der Waals surface area contributed by atoms with Crippen molar-refractivity contribution >= 4 is 17.2 Å². The van der Waals surface area contributed by atoms with Gasteiger partial charge in [-0.15, -0.1) is 11.3 Å². The molecule has 1 aromatic carbocycles. The van der Waals surface area contributed by atoms with E-state index in [-0.39, 0.29) is 5.91 Å². The minimum absolute atomic E-state index is 0.0503. The molecule has 3 nitrogen and oxygen atoms in total. The van der Waals surface area contributed by atoms with Crippen molar-refractivity contribution in [1.82, 2.24) is 4.90 Å². The summed E-state index contributed by atoms with van der Waals surface area (Å²) >= 11 is 1.51. The van der Waals surface area contributed by atoms with Crippen LogP contribution in [0.15, 0.2) is 41.8 Å². The molecule has 0 radical (unpaired) electrons. The molecule has 1 amide bonds. The summed E-state index contributed by atoms with van der Waals surface area (Å²) in [6, 6.07) is 11.3.